The van der Waals surface area contributed by atoms with Crippen LogP contribution in [-0.4, -0.2) is 139 Å². The van der Waals surface area contributed by atoms with Crippen LogP contribution in [0.5, 0.6) is 17.5 Å². The molecule has 22 heteroatoms. The van der Waals surface area contributed by atoms with Crippen LogP contribution in [0.1, 0.15) is 112 Å². The van der Waals surface area contributed by atoms with E-state index in [4.69, 9.17) is 33.3 Å². The summed E-state index contributed by atoms with van der Waals surface area (Å²) in [4.78, 5) is 48.9. The Morgan fingerprint density at radius 1 is 0.942 bits per heavy atom. The number of nitrogens with one attached hydrogen (secondary N) is 3. The normalized spacial score (nSPS) is 23.6. The van der Waals surface area contributed by atoms with Gasteiger partial charge in [-0.1, -0.05) is 18.2 Å². The number of hydrogen-bond donors (Lipinski definition) is 4. The number of pyridine rings is 2. The van der Waals surface area contributed by atoms with E-state index in [9.17, 15) is 28.4 Å². The zero-order chi connectivity index (χ0) is 59.6. The second kappa shape index (κ2) is 23.0. The zero-order valence-electron chi connectivity index (χ0n) is 49.4. The van der Waals surface area contributed by atoms with Gasteiger partial charge in [-0.3, -0.25) is 24.7 Å². The number of nitro groups is 1. The molecule has 5 fully saturated rings. The SMILES string of the molecule is COc1nc(CN2CCN(C3CC4(CCN(c5ccc(C(=O)NS(=O)(=O)c6ccc(NC[C@H]7CC[C@](C)(O)CC7)c([N+](=O)[O-])c6)c(N6c7cc8cc[nH]c8nc7O[C@H]7COCC[C@@H]76)c5)CC4)C3)[C@@H](c3ccccc3OC(C)C)C2)cc2cc(C)oc12. The van der Waals surface area contributed by atoms with E-state index in [2.05, 4.69) is 78.8 Å². The van der Waals surface area contributed by atoms with Crippen LogP contribution in [0.2, 0.25) is 0 Å². The number of ether oxygens (including phenoxy) is 4. The highest BCUT2D eigenvalue weighted by Gasteiger charge is 2.51. The first kappa shape index (κ1) is 57.6. The summed E-state index contributed by atoms with van der Waals surface area (Å²) in [5.74, 6) is 1.87. The highest BCUT2D eigenvalue weighted by Crippen LogP contribution is 2.54. The fourth-order valence-corrected chi connectivity index (χ4v) is 15.3. The number of hydrogen-bond acceptors (Lipinski definition) is 18. The van der Waals surface area contributed by atoms with Gasteiger partial charge in [0.25, 0.3) is 27.5 Å². The number of carbonyl (C=O) groups is 1. The van der Waals surface area contributed by atoms with E-state index in [1.165, 1.54) is 17.7 Å². The predicted octanol–water partition coefficient (Wildman–Crippen LogP) is 10.2. The summed E-state index contributed by atoms with van der Waals surface area (Å²) in [6.45, 7) is 13.9. The molecular weight excluding hydrogens is 1120 g/mol. The van der Waals surface area contributed by atoms with Crippen molar-refractivity contribution in [3.8, 4) is 17.5 Å². The molecule has 7 aromatic rings. The molecule has 454 valence electrons. The lowest BCUT2D eigenvalue weighted by Gasteiger charge is -2.58. The molecule has 0 bridgehead atoms. The summed E-state index contributed by atoms with van der Waals surface area (Å²) in [6.07, 6.45) is 8.77. The summed E-state index contributed by atoms with van der Waals surface area (Å²) in [7, 11) is -3.02. The van der Waals surface area contributed by atoms with Gasteiger partial charge in [-0.25, -0.2) is 18.1 Å². The molecule has 21 nitrogen and oxygen atoms in total. The van der Waals surface area contributed by atoms with E-state index in [0.717, 1.165) is 111 Å². The van der Waals surface area contributed by atoms with Gasteiger partial charge in [0.1, 0.15) is 34.6 Å². The van der Waals surface area contributed by atoms with Crippen LogP contribution in [0.25, 0.3) is 22.0 Å². The molecule has 2 saturated carbocycles. The molecule has 3 aromatic carbocycles. The van der Waals surface area contributed by atoms with Crippen LogP contribution in [0.15, 0.2) is 100 Å². The molecule has 8 heterocycles. The third kappa shape index (κ3) is 11.4. The molecule has 86 heavy (non-hydrogen) atoms. The Bertz CT molecular complexity index is 3800. The number of anilines is 4. The Kier molecular flexibility index (Phi) is 15.4. The Morgan fingerprint density at radius 3 is 2.52 bits per heavy atom. The number of aliphatic hydroxyl groups is 1. The summed E-state index contributed by atoms with van der Waals surface area (Å²) in [6, 6.07) is 25.9. The van der Waals surface area contributed by atoms with Gasteiger partial charge in [-0.15, -0.1) is 0 Å². The number of para-hydroxylation sites is 1. The van der Waals surface area contributed by atoms with Crippen molar-refractivity contribution in [2.75, 3.05) is 74.7 Å². The van der Waals surface area contributed by atoms with Gasteiger partial charge in [0.2, 0.25) is 5.88 Å². The second-order valence-electron chi connectivity index (χ2n) is 25.2. The zero-order valence-corrected chi connectivity index (χ0v) is 50.2. The number of nitrogens with zero attached hydrogens (tertiary/aromatic N) is 7. The van der Waals surface area contributed by atoms with Crippen LogP contribution >= 0.6 is 0 Å². The number of fused-ring (bicyclic) bond motifs is 4. The maximum absolute atomic E-state index is 14.9. The average molecular weight is 1190 g/mol. The molecule has 4 aliphatic heterocycles. The van der Waals surface area contributed by atoms with Crippen LogP contribution in [0.4, 0.5) is 28.4 Å². The smallest absolute Gasteiger partial charge is 0.293 e. The lowest BCUT2D eigenvalue weighted by atomic mass is 9.59. The van der Waals surface area contributed by atoms with E-state index >= 15 is 0 Å². The number of aryl methyl sites for hydroxylation is 1. The van der Waals surface area contributed by atoms with Gasteiger partial charge in [-0.05, 0) is 157 Å². The van der Waals surface area contributed by atoms with E-state index in [1.54, 1.807) is 19.4 Å². The Morgan fingerprint density at radius 2 is 1.74 bits per heavy atom. The molecule has 2 aliphatic carbocycles. The third-order valence-electron chi connectivity index (χ3n) is 18.9. The number of methoxy groups -OCH3 is 1. The van der Waals surface area contributed by atoms with E-state index in [-0.39, 0.29) is 47.4 Å². The molecule has 6 aliphatic rings. The lowest BCUT2D eigenvalue weighted by Crippen LogP contribution is -2.59. The van der Waals surface area contributed by atoms with Crippen molar-refractivity contribution in [3.05, 3.63) is 124 Å². The minimum atomic E-state index is -4.66. The average Bonchev–Trinajstić information content (AvgIpc) is 1.15. The molecule has 1 amide bonds. The molecule has 0 unspecified atom stereocenters. The van der Waals surface area contributed by atoms with E-state index in [0.29, 0.717) is 79.4 Å². The summed E-state index contributed by atoms with van der Waals surface area (Å²) >= 11 is 0. The Balaban J connectivity index is 0.755. The highest BCUT2D eigenvalue weighted by molar-refractivity contribution is 7.90. The Labute approximate surface area is 500 Å². The highest BCUT2D eigenvalue weighted by atomic mass is 32.2. The number of aromatic nitrogens is 3. The molecule has 4 aromatic heterocycles. The number of H-pyrrole nitrogens is 1. The van der Waals surface area contributed by atoms with Crippen LogP contribution in [-0.2, 0) is 21.3 Å². The van der Waals surface area contributed by atoms with Gasteiger partial charge in [0.15, 0.2) is 5.58 Å². The van der Waals surface area contributed by atoms with Crippen LogP contribution < -0.4 is 34.0 Å². The first-order valence-electron chi connectivity index (χ1n) is 30.3. The number of nitro benzene ring substituents is 1. The number of amides is 1. The first-order chi connectivity index (χ1) is 41.4. The molecular formula is C64H76N10O11S. The molecule has 0 radical (unpaired) electrons. The largest absolute Gasteiger partial charge is 0.491 e. The second-order valence-corrected chi connectivity index (χ2v) is 26.9. The van der Waals surface area contributed by atoms with Crippen LogP contribution in [0.3, 0.4) is 0 Å². The van der Waals surface area contributed by atoms with Crippen molar-refractivity contribution in [2.45, 2.75) is 133 Å². The summed E-state index contributed by atoms with van der Waals surface area (Å²) < 4.78 is 61.6. The fourth-order valence-electron chi connectivity index (χ4n) is 14.3. The van der Waals surface area contributed by atoms with Crippen molar-refractivity contribution >= 4 is 66.4 Å². The lowest BCUT2D eigenvalue weighted by molar-refractivity contribution is -0.384. The number of rotatable bonds is 16. The van der Waals surface area contributed by atoms with Gasteiger partial charge in [0, 0.05) is 92.7 Å². The number of piperidine rings is 1. The fraction of sp³-hybridized carbons (Fsp3) is 0.484. The maximum Gasteiger partial charge on any atom is 0.293 e. The maximum atomic E-state index is 14.9. The predicted molar refractivity (Wildman–Crippen MR) is 326 cm³/mol. The first-order valence-corrected chi connectivity index (χ1v) is 31.8. The minimum absolute atomic E-state index is 0.0173. The monoisotopic (exact) mass is 1190 g/mol. The number of carbonyl (C=O) groups excluding carboxylic acids is 1. The quantitative estimate of drug-likeness (QED) is 0.0519. The number of sulfonamides is 1. The van der Waals surface area contributed by atoms with Gasteiger partial charge in [0.05, 0.1) is 64.3 Å². The van der Waals surface area contributed by atoms with E-state index < -0.39 is 43.1 Å². The topological polar surface area (TPSA) is 243 Å². The van der Waals surface area contributed by atoms with Crippen molar-refractivity contribution in [3.63, 3.8) is 0 Å². The van der Waals surface area contributed by atoms with Gasteiger partial charge < -0.3 is 48.6 Å². The number of aromatic amines is 1. The van der Waals surface area contributed by atoms with Crippen molar-refractivity contribution in [1.29, 1.82) is 0 Å². The van der Waals surface area contributed by atoms with Crippen molar-refractivity contribution in [2.24, 2.45) is 11.3 Å². The molecule has 4 N–H and O–H groups in total. The number of piperazine rings is 1. The molecule has 3 atom stereocenters. The van der Waals surface area contributed by atoms with Crippen molar-refractivity contribution in [1.82, 2.24) is 29.5 Å². The van der Waals surface area contributed by atoms with Crippen molar-refractivity contribution < 1.29 is 46.6 Å². The molecule has 3 saturated heterocycles. The molecule has 1 spiro atoms. The summed E-state index contributed by atoms with van der Waals surface area (Å²) in [5.41, 5.74) is 4.68. The number of furan rings is 1. The Hall–Kier alpha value is -7.50. The van der Waals surface area contributed by atoms with Gasteiger partial charge >= 0.3 is 0 Å². The molecule has 13 rings (SSSR count). The third-order valence-corrected chi connectivity index (χ3v) is 20.3. The number of benzene rings is 3. The van der Waals surface area contributed by atoms with Crippen LogP contribution in [0, 0.1) is 28.4 Å². The van der Waals surface area contributed by atoms with E-state index in [1.807, 2.05) is 44.2 Å². The summed E-state index contributed by atoms with van der Waals surface area (Å²) in [5, 5.41) is 27.9. The standard InChI is InChI=1S/C64H76N10O11S/c1-39(2)83-56-9-7-6-8-48(56)55-37-70(36-44-29-43-28-40(3)84-58(43)62(67-44)81-5)25-26-72(55)46-33-64(34-46)20-23-71(24-21-64)45-10-12-49(52(31-45)73-51-17-27-82-38-57(51)85-61-54(73)30-42-16-22-65-59(42)68-61)60(75)69-86(79,80)47-11-13-50(53(32-47)74(77)78)66-35-41-14-18-63(4,76)19-15-41/h6-13,16,22,28-32,39,41,46,51,55,57,66,76H,14-15,17-21,23-27,33-38H2,1-5H3,(H,65,68)(H,69,75)/t41-,51-,55+,57-,63-/m0/s1. The van der Waals surface area contributed by atoms with Gasteiger partial charge in [-0.2, -0.15) is 4.98 Å². The minimum Gasteiger partial charge on any atom is -0.491 e.